The van der Waals surface area contributed by atoms with Crippen LogP contribution in [0.15, 0.2) is 12.4 Å². The number of rotatable bonds is 1. The monoisotopic (exact) mass is 249 g/mol. The van der Waals surface area contributed by atoms with Crippen LogP contribution in [0, 0.1) is 18.3 Å². The fraction of sp³-hybridized carbons (Fsp3) is 0.182. The number of hydrogen-bond acceptors (Lipinski definition) is 4. The van der Waals surface area contributed by atoms with E-state index in [0.717, 1.165) is 0 Å². The molecule has 0 aliphatic carbocycles. The number of nitriles is 1. The minimum atomic E-state index is -0.456. The fourth-order valence-electron chi connectivity index (χ4n) is 1.64. The smallest absolute Gasteiger partial charge is 0.339 e. The Bertz CT molecular complexity index is 655. The van der Waals surface area contributed by atoms with Gasteiger partial charge in [0.2, 0.25) is 0 Å². The highest BCUT2D eigenvalue weighted by Crippen LogP contribution is 2.27. The molecule has 2 rings (SSSR count). The third kappa shape index (κ3) is 1.63. The maximum atomic E-state index is 11.5. The van der Waals surface area contributed by atoms with Crippen molar-refractivity contribution in [1.29, 1.82) is 5.26 Å². The number of aryl methyl sites for hydroxylation is 1. The summed E-state index contributed by atoms with van der Waals surface area (Å²) in [6.07, 6.45) is 2.89. The van der Waals surface area contributed by atoms with Crippen molar-refractivity contribution >= 4 is 23.1 Å². The zero-order chi connectivity index (χ0) is 12.6. The van der Waals surface area contributed by atoms with Crippen LogP contribution in [0.3, 0.4) is 0 Å². The minimum absolute atomic E-state index is 0.275. The van der Waals surface area contributed by atoms with Gasteiger partial charge in [-0.25, -0.2) is 9.31 Å². The van der Waals surface area contributed by atoms with Gasteiger partial charge in [0.15, 0.2) is 0 Å². The predicted molar refractivity (Wildman–Crippen MR) is 61.0 cm³/mol. The van der Waals surface area contributed by atoms with E-state index in [1.807, 2.05) is 6.07 Å². The number of esters is 1. The van der Waals surface area contributed by atoms with Crippen LogP contribution in [0.2, 0.25) is 5.02 Å². The van der Waals surface area contributed by atoms with Crippen molar-refractivity contribution in [2.24, 2.45) is 0 Å². The normalized spacial score (nSPS) is 10.2. The average Bonchev–Trinajstić information content (AvgIpc) is 2.67. The third-order valence-electron chi connectivity index (χ3n) is 2.52. The predicted octanol–water partition coefficient (Wildman–Crippen LogP) is 1.95. The lowest BCUT2D eigenvalue weighted by Crippen LogP contribution is -2.00. The van der Waals surface area contributed by atoms with Gasteiger partial charge in [-0.1, -0.05) is 11.6 Å². The summed E-state index contributed by atoms with van der Waals surface area (Å²) in [6.45, 7) is 1.73. The van der Waals surface area contributed by atoms with E-state index in [-0.39, 0.29) is 10.6 Å². The van der Waals surface area contributed by atoms with E-state index in [9.17, 15) is 4.79 Å². The zero-order valence-electron chi connectivity index (χ0n) is 9.19. The molecule has 0 fully saturated rings. The molecule has 2 aromatic heterocycles. The standard InChI is InChI=1S/C11H8ClN3O2/c1-6-8(11(16)17-2)5-15-10(6)9(12)7(3-13)4-14-15/h4-5H,1-2H3. The first-order valence-electron chi connectivity index (χ1n) is 4.75. The molecular formula is C11H8ClN3O2. The maximum absolute atomic E-state index is 11.5. The third-order valence-corrected chi connectivity index (χ3v) is 2.90. The van der Waals surface area contributed by atoms with Crippen LogP contribution in [-0.4, -0.2) is 22.7 Å². The fourth-order valence-corrected chi connectivity index (χ4v) is 1.96. The van der Waals surface area contributed by atoms with E-state index in [4.69, 9.17) is 16.9 Å². The number of carbonyl (C=O) groups excluding carboxylic acids is 1. The zero-order valence-corrected chi connectivity index (χ0v) is 9.95. The van der Waals surface area contributed by atoms with Gasteiger partial charge in [0.25, 0.3) is 0 Å². The minimum Gasteiger partial charge on any atom is -0.465 e. The largest absolute Gasteiger partial charge is 0.465 e. The first-order chi connectivity index (χ1) is 8.10. The Morgan fingerprint density at radius 3 is 2.94 bits per heavy atom. The molecule has 0 radical (unpaired) electrons. The topological polar surface area (TPSA) is 67.4 Å². The van der Waals surface area contributed by atoms with E-state index >= 15 is 0 Å². The number of hydrogen-bond donors (Lipinski definition) is 0. The molecule has 2 aromatic rings. The van der Waals surface area contributed by atoms with Crippen molar-refractivity contribution in [3.8, 4) is 6.07 Å². The van der Waals surface area contributed by atoms with E-state index in [2.05, 4.69) is 9.84 Å². The van der Waals surface area contributed by atoms with Crippen molar-refractivity contribution in [3.63, 3.8) is 0 Å². The molecule has 6 heteroatoms. The number of fused-ring (bicyclic) bond motifs is 1. The molecule has 86 valence electrons. The lowest BCUT2D eigenvalue weighted by molar-refractivity contribution is 0.0600. The van der Waals surface area contributed by atoms with Gasteiger partial charge in [0.05, 0.1) is 35.0 Å². The maximum Gasteiger partial charge on any atom is 0.339 e. The molecule has 0 spiro atoms. The van der Waals surface area contributed by atoms with Crippen molar-refractivity contribution in [2.45, 2.75) is 6.92 Å². The van der Waals surface area contributed by atoms with E-state index in [0.29, 0.717) is 16.6 Å². The van der Waals surface area contributed by atoms with Crippen molar-refractivity contribution in [1.82, 2.24) is 9.61 Å². The Morgan fingerprint density at radius 2 is 2.35 bits per heavy atom. The first kappa shape index (κ1) is 11.4. The summed E-state index contributed by atoms with van der Waals surface area (Å²) in [5.74, 6) is -0.456. The SMILES string of the molecule is COC(=O)c1cn2ncc(C#N)c(Cl)c2c1C. The van der Waals surface area contributed by atoms with Crippen LogP contribution in [0.25, 0.3) is 5.52 Å². The molecule has 2 heterocycles. The Hall–Kier alpha value is -2.06. The van der Waals surface area contributed by atoms with Crippen LogP contribution in [-0.2, 0) is 4.74 Å². The van der Waals surface area contributed by atoms with Crippen LogP contribution in [0.1, 0.15) is 21.5 Å². The molecule has 0 amide bonds. The summed E-state index contributed by atoms with van der Waals surface area (Å²) in [6, 6.07) is 1.94. The van der Waals surface area contributed by atoms with Crippen LogP contribution >= 0.6 is 11.6 Å². The number of halogens is 1. The highest BCUT2D eigenvalue weighted by atomic mass is 35.5. The average molecular weight is 250 g/mol. The van der Waals surface area contributed by atoms with Crippen LogP contribution in [0.5, 0.6) is 0 Å². The summed E-state index contributed by atoms with van der Waals surface area (Å²) in [4.78, 5) is 11.5. The number of ether oxygens (including phenoxy) is 1. The Balaban J connectivity index is 2.80. The second kappa shape index (κ2) is 4.07. The molecule has 17 heavy (non-hydrogen) atoms. The molecule has 0 atom stereocenters. The Labute approximate surface area is 102 Å². The molecule has 0 aliphatic heterocycles. The molecule has 0 unspecified atom stereocenters. The van der Waals surface area contributed by atoms with Gasteiger partial charge < -0.3 is 4.74 Å². The number of nitrogens with zero attached hydrogens (tertiary/aromatic N) is 3. The number of carbonyl (C=O) groups is 1. The van der Waals surface area contributed by atoms with Gasteiger partial charge in [0.1, 0.15) is 6.07 Å². The van der Waals surface area contributed by atoms with Crippen molar-refractivity contribution in [2.75, 3.05) is 7.11 Å². The molecule has 0 saturated carbocycles. The van der Waals surface area contributed by atoms with Crippen molar-refractivity contribution in [3.05, 3.63) is 34.1 Å². The lowest BCUT2D eigenvalue weighted by atomic mass is 10.2. The van der Waals surface area contributed by atoms with Gasteiger partial charge in [-0.15, -0.1) is 0 Å². The van der Waals surface area contributed by atoms with Gasteiger partial charge in [-0.3, -0.25) is 0 Å². The highest BCUT2D eigenvalue weighted by Gasteiger charge is 2.18. The quantitative estimate of drug-likeness (QED) is 0.725. The second-order valence-electron chi connectivity index (χ2n) is 3.44. The lowest BCUT2D eigenvalue weighted by Gasteiger charge is -1.99. The summed E-state index contributed by atoms with van der Waals surface area (Å²) < 4.78 is 6.12. The van der Waals surface area contributed by atoms with Gasteiger partial charge >= 0.3 is 5.97 Å². The molecule has 0 saturated heterocycles. The summed E-state index contributed by atoms with van der Waals surface area (Å²) >= 11 is 6.07. The number of aromatic nitrogens is 2. The van der Waals surface area contributed by atoms with E-state index in [1.165, 1.54) is 24.0 Å². The molecule has 0 N–H and O–H groups in total. The second-order valence-corrected chi connectivity index (χ2v) is 3.81. The molecule has 5 nitrogen and oxygen atoms in total. The molecule has 0 aliphatic rings. The van der Waals surface area contributed by atoms with E-state index < -0.39 is 5.97 Å². The van der Waals surface area contributed by atoms with Gasteiger partial charge in [0, 0.05) is 6.20 Å². The molecular weight excluding hydrogens is 242 g/mol. The van der Waals surface area contributed by atoms with Gasteiger partial charge in [-0.05, 0) is 12.5 Å². The van der Waals surface area contributed by atoms with Gasteiger partial charge in [-0.2, -0.15) is 10.4 Å². The van der Waals surface area contributed by atoms with E-state index in [1.54, 1.807) is 6.92 Å². The summed E-state index contributed by atoms with van der Waals surface area (Å²) in [5.41, 5.74) is 1.85. The summed E-state index contributed by atoms with van der Waals surface area (Å²) in [7, 11) is 1.31. The molecule has 0 bridgehead atoms. The Kier molecular flexibility index (Phi) is 2.74. The molecule has 0 aromatic carbocycles. The van der Waals surface area contributed by atoms with Crippen LogP contribution < -0.4 is 0 Å². The van der Waals surface area contributed by atoms with Crippen LogP contribution in [0.4, 0.5) is 0 Å². The Morgan fingerprint density at radius 1 is 1.65 bits per heavy atom. The number of methoxy groups -OCH3 is 1. The highest BCUT2D eigenvalue weighted by molar-refractivity contribution is 6.35. The van der Waals surface area contributed by atoms with Crippen molar-refractivity contribution < 1.29 is 9.53 Å². The first-order valence-corrected chi connectivity index (χ1v) is 5.12. The summed E-state index contributed by atoms with van der Waals surface area (Å²) in [5, 5.41) is 13.2.